The van der Waals surface area contributed by atoms with E-state index in [9.17, 15) is 4.79 Å². The minimum Gasteiger partial charge on any atom is -0.447 e. The molecule has 0 aliphatic heterocycles. The highest BCUT2D eigenvalue weighted by Gasteiger charge is 2.51. The highest BCUT2D eigenvalue weighted by atomic mass is 32.1. The van der Waals surface area contributed by atoms with E-state index in [-0.39, 0.29) is 23.2 Å². The number of carbonyl (C=O) groups is 1. The van der Waals surface area contributed by atoms with E-state index in [0.29, 0.717) is 0 Å². The summed E-state index contributed by atoms with van der Waals surface area (Å²) >= 11 is 1.84. The number of nitrogens with zero attached hydrogens (tertiary/aromatic N) is 1. The van der Waals surface area contributed by atoms with E-state index in [1.807, 2.05) is 31.4 Å². The van der Waals surface area contributed by atoms with E-state index >= 15 is 0 Å². The van der Waals surface area contributed by atoms with Crippen LogP contribution in [-0.2, 0) is 10.2 Å². The number of fused-ring (bicyclic) bond motifs is 3. The van der Waals surface area contributed by atoms with Gasteiger partial charge in [-0.05, 0) is 59.3 Å². The van der Waals surface area contributed by atoms with Gasteiger partial charge in [0, 0.05) is 22.0 Å². The summed E-state index contributed by atoms with van der Waals surface area (Å²) in [6.45, 7) is 5.89. The van der Waals surface area contributed by atoms with Crippen LogP contribution in [0.15, 0.2) is 6.20 Å². The van der Waals surface area contributed by atoms with Crippen molar-refractivity contribution in [2.45, 2.75) is 76.4 Å². The van der Waals surface area contributed by atoms with Crippen LogP contribution in [0.25, 0.3) is 0 Å². The van der Waals surface area contributed by atoms with Gasteiger partial charge in [-0.3, -0.25) is 0 Å². The topological polar surface area (TPSA) is 51.2 Å². The molecule has 0 spiro atoms. The van der Waals surface area contributed by atoms with Gasteiger partial charge in [0.15, 0.2) is 0 Å². The lowest BCUT2D eigenvalue weighted by Gasteiger charge is -2.52. The van der Waals surface area contributed by atoms with Gasteiger partial charge in [-0.1, -0.05) is 0 Å². The van der Waals surface area contributed by atoms with Gasteiger partial charge in [0.25, 0.3) is 0 Å². The monoisotopic (exact) mass is 308 g/mol. The molecule has 116 valence electrons. The van der Waals surface area contributed by atoms with Crippen molar-refractivity contribution < 1.29 is 9.53 Å². The largest absolute Gasteiger partial charge is 0.447 e. The van der Waals surface area contributed by atoms with Crippen molar-refractivity contribution in [1.82, 2.24) is 10.3 Å². The van der Waals surface area contributed by atoms with Crippen molar-refractivity contribution in [3.63, 3.8) is 0 Å². The van der Waals surface area contributed by atoms with Crippen LogP contribution < -0.4 is 5.32 Å². The number of ether oxygens (including phenoxy) is 1. The molecule has 2 bridgehead atoms. The molecule has 4 nitrogen and oxygen atoms in total. The van der Waals surface area contributed by atoms with Gasteiger partial charge in [-0.15, -0.1) is 11.3 Å². The molecule has 1 N–H and O–H groups in total. The fourth-order valence-corrected chi connectivity index (χ4v) is 4.79. The maximum Gasteiger partial charge on any atom is 0.407 e. The Labute approximate surface area is 130 Å². The van der Waals surface area contributed by atoms with Crippen LogP contribution in [-0.4, -0.2) is 22.7 Å². The summed E-state index contributed by atoms with van der Waals surface area (Å²) in [7, 11) is 0. The fraction of sp³-hybridized carbons (Fsp3) is 0.750. The summed E-state index contributed by atoms with van der Waals surface area (Å²) in [4.78, 5) is 17.8. The fourth-order valence-electron chi connectivity index (χ4n) is 3.75. The number of alkyl carbamates (subject to hydrolysis) is 1. The molecule has 0 unspecified atom stereocenters. The van der Waals surface area contributed by atoms with Crippen LogP contribution in [0.2, 0.25) is 0 Å². The molecule has 0 atom stereocenters. The van der Waals surface area contributed by atoms with Gasteiger partial charge in [0.05, 0.1) is 11.1 Å². The highest BCUT2D eigenvalue weighted by Crippen LogP contribution is 2.54. The first kappa shape index (κ1) is 14.8. The number of aromatic nitrogens is 1. The van der Waals surface area contributed by atoms with Crippen molar-refractivity contribution >= 4 is 17.4 Å². The number of hydrogen-bond acceptors (Lipinski definition) is 4. The van der Waals surface area contributed by atoms with Crippen LogP contribution >= 0.6 is 11.3 Å². The lowest BCUT2D eigenvalue weighted by atomic mass is 9.57. The Bertz CT molecular complexity index is 514. The second-order valence-corrected chi connectivity index (χ2v) is 8.15. The number of rotatable bonds is 3. The van der Waals surface area contributed by atoms with Crippen molar-refractivity contribution in [2.24, 2.45) is 0 Å². The first-order valence-electron chi connectivity index (χ1n) is 7.85. The minimum absolute atomic E-state index is 0.0416. The summed E-state index contributed by atoms with van der Waals surface area (Å²) in [6.07, 6.45) is 8.17. The molecule has 21 heavy (non-hydrogen) atoms. The zero-order chi connectivity index (χ0) is 15.1. The van der Waals surface area contributed by atoms with Crippen molar-refractivity contribution in [3.05, 3.63) is 16.1 Å². The summed E-state index contributed by atoms with van der Waals surface area (Å²) in [6, 6.07) is 0. The molecule has 1 aromatic heterocycles. The average Bonchev–Trinajstić information content (AvgIpc) is 2.87. The molecule has 3 saturated carbocycles. The molecular formula is C16H24N2O2S. The van der Waals surface area contributed by atoms with Gasteiger partial charge >= 0.3 is 6.09 Å². The molecule has 5 heteroatoms. The molecule has 3 aliphatic carbocycles. The number of thiazole rings is 1. The van der Waals surface area contributed by atoms with Gasteiger partial charge in [0.2, 0.25) is 0 Å². The Morgan fingerprint density at radius 3 is 2.38 bits per heavy atom. The Balaban J connectivity index is 1.67. The molecule has 1 heterocycles. The Morgan fingerprint density at radius 1 is 1.29 bits per heavy atom. The quantitative estimate of drug-likeness (QED) is 0.920. The Morgan fingerprint density at radius 2 is 1.90 bits per heavy atom. The van der Waals surface area contributed by atoms with E-state index in [2.05, 4.69) is 17.2 Å². The van der Waals surface area contributed by atoms with E-state index < -0.39 is 0 Å². The SMILES string of the molecule is Cc1cnc(C23CCC(NC(=O)OC(C)C)(CC2)CC3)s1. The maximum atomic E-state index is 11.9. The predicted octanol–water partition coefficient (Wildman–Crippen LogP) is 3.93. The zero-order valence-corrected chi connectivity index (χ0v) is 13.9. The predicted molar refractivity (Wildman–Crippen MR) is 83.7 cm³/mol. The molecule has 3 aliphatic rings. The summed E-state index contributed by atoms with van der Waals surface area (Å²) in [5, 5.41) is 4.45. The maximum absolute atomic E-state index is 11.9. The minimum atomic E-state index is -0.260. The van der Waals surface area contributed by atoms with Crippen LogP contribution in [0.5, 0.6) is 0 Å². The molecular weight excluding hydrogens is 284 g/mol. The third kappa shape index (κ3) is 2.80. The standard InChI is InChI=1S/C16H24N2O2S/c1-11(2)20-14(19)18-16-7-4-15(5-8-16,6-9-16)13-17-10-12(3)21-13/h10-11H,4-9H2,1-3H3,(H,18,19). The zero-order valence-electron chi connectivity index (χ0n) is 13.1. The van der Waals surface area contributed by atoms with E-state index in [4.69, 9.17) is 4.74 Å². The summed E-state index contributed by atoms with van der Waals surface area (Å²) in [5.74, 6) is 0. The molecule has 0 radical (unpaired) electrons. The lowest BCUT2D eigenvalue weighted by Crippen LogP contribution is -2.58. The third-order valence-corrected chi connectivity index (χ3v) is 6.19. The normalized spacial score (nSPS) is 31.4. The molecule has 0 aromatic carbocycles. The van der Waals surface area contributed by atoms with Gasteiger partial charge in [-0.2, -0.15) is 0 Å². The van der Waals surface area contributed by atoms with Crippen LogP contribution in [0, 0.1) is 6.92 Å². The van der Waals surface area contributed by atoms with E-state index in [0.717, 1.165) is 38.5 Å². The first-order valence-corrected chi connectivity index (χ1v) is 8.67. The third-order valence-electron chi connectivity index (χ3n) is 5.03. The molecule has 1 amide bonds. The number of hydrogen-bond donors (Lipinski definition) is 1. The summed E-state index contributed by atoms with van der Waals surface area (Å²) < 4.78 is 5.25. The van der Waals surface area contributed by atoms with Crippen molar-refractivity contribution in [2.75, 3.05) is 0 Å². The van der Waals surface area contributed by atoms with Crippen molar-refractivity contribution in [1.29, 1.82) is 0 Å². The molecule has 3 fully saturated rings. The lowest BCUT2D eigenvalue weighted by molar-refractivity contribution is 0.0560. The highest BCUT2D eigenvalue weighted by molar-refractivity contribution is 7.11. The second-order valence-electron chi connectivity index (χ2n) is 6.92. The van der Waals surface area contributed by atoms with Gasteiger partial charge in [0.1, 0.15) is 0 Å². The van der Waals surface area contributed by atoms with Crippen molar-refractivity contribution in [3.8, 4) is 0 Å². The van der Waals surface area contributed by atoms with Gasteiger partial charge < -0.3 is 10.1 Å². The van der Waals surface area contributed by atoms with E-state index in [1.54, 1.807) is 0 Å². The molecule has 4 rings (SSSR count). The number of amides is 1. The van der Waals surface area contributed by atoms with Crippen LogP contribution in [0.3, 0.4) is 0 Å². The van der Waals surface area contributed by atoms with E-state index in [1.165, 1.54) is 9.88 Å². The molecule has 1 aromatic rings. The number of carbonyl (C=O) groups excluding carboxylic acids is 1. The van der Waals surface area contributed by atoms with Crippen LogP contribution in [0.4, 0.5) is 4.79 Å². The number of aryl methyl sites for hydroxylation is 1. The Hall–Kier alpha value is -1.10. The molecule has 0 saturated heterocycles. The van der Waals surface area contributed by atoms with Gasteiger partial charge in [-0.25, -0.2) is 9.78 Å². The van der Waals surface area contributed by atoms with Crippen LogP contribution in [0.1, 0.15) is 62.3 Å². The first-order chi connectivity index (χ1) is 9.93. The summed E-state index contributed by atoms with van der Waals surface area (Å²) in [5.41, 5.74) is 0.227. The number of nitrogens with one attached hydrogen (secondary N) is 1. The smallest absolute Gasteiger partial charge is 0.407 e. The average molecular weight is 308 g/mol. The second kappa shape index (κ2) is 5.27. The Kier molecular flexibility index (Phi) is 3.72.